The Labute approximate surface area is 114 Å². The largest absolute Gasteiger partial charge is 0.332 e. The highest BCUT2D eigenvalue weighted by Crippen LogP contribution is 2.21. The maximum Gasteiger partial charge on any atom is 0.332 e. The van der Waals surface area contributed by atoms with Gasteiger partial charge in [-0.15, -0.1) is 11.3 Å². The van der Waals surface area contributed by atoms with Gasteiger partial charge in [-0.3, -0.25) is 13.9 Å². The van der Waals surface area contributed by atoms with Gasteiger partial charge in [0.2, 0.25) is 0 Å². The van der Waals surface area contributed by atoms with Crippen molar-refractivity contribution in [2.75, 3.05) is 6.67 Å². The lowest BCUT2D eigenvalue weighted by molar-refractivity contribution is 0.424. The third kappa shape index (κ3) is 2.36. The normalized spacial score (nSPS) is 11.6. The van der Waals surface area contributed by atoms with Crippen molar-refractivity contribution in [3.8, 4) is 0 Å². The molecule has 0 fully saturated rings. The van der Waals surface area contributed by atoms with Crippen molar-refractivity contribution in [1.29, 1.82) is 0 Å². The Kier molecular flexibility index (Phi) is 3.89. The quantitative estimate of drug-likeness (QED) is 0.863. The molecule has 2 rings (SSSR count). The molecule has 0 bridgehead atoms. The minimum Gasteiger partial charge on any atom is -0.282 e. The van der Waals surface area contributed by atoms with Crippen molar-refractivity contribution in [3.05, 3.63) is 31.8 Å². The molecular formula is C13H17FN2O2S. The lowest BCUT2D eigenvalue weighted by atomic mass is 10.2. The molecule has 104 valence electrons. The van der Waals surface area contributed by atoms with Crippen LogP contribution in [0.2, 0.25) is 0 Å². The molecule has 0 atom stereocenters. The Balaban J connectivity index is 2.85. The summed E-state index contributed by atoms with van der Waals surface area (Å²) in [4.78, 5) is 25.3. The summed E-state index contributed by atoms with van der Waals surface area (Å²) in [6.45, 7) is 5.45. The van der Waals surface area contributed by atoms with E-state index in [1.54, 1.807) is 0 Å². The Morgan fingerprint density at radius 3 is 2.58 bits per heavy atom. The van der Waals surface area contributed by atoms with E-state index in [9.17, 15) is 14.0 Å². The zero-order valence-electron chi connectivity index (χ0n) is 11.3. The summed E-state index contributed by atoms with van der Waals surface area (Å²) in [6, 6.07) is 0. The summed E-state index contributed by atoms with van der Waals surface area (Å²) >= 11 is 1.32. The van der Waals surface area contributed by atoms with Crippen LogP contribution in [0.5, 0.6) is 0 Å². The first-order valence-electron chi connectivity index (χ1n) is 6.24. The third-order valence-electron chi connectivity index (χ3n) is 2.98. The van der Waals surface area contributed by atoms with Crippen LogP contribution >= 0.6 is 11.3 Å². The fourth-order valence-electron chi connectivity index (χ4n) is 2.15. The molecule has 2 aromatic rings. The minimum atomic E-state index is -0.619. The first kappa shape index (κ1) is 14.0. The van der Waals surface area contributed by atoms with E-state index < -0.39 is 12.4 Å². The number of hydrogen-bond acceptors (Lipinski definition) is 3. The van der Waals surface area contributed by atoms with Crippen molar-refractivity contribution in [2.45, 2.75) is 33.9 Å². The van der Waals surface area contributed by atoms with Gasteiger partial charge >= 0.3 is 5.69 Å². The number of halogens is 1. The molecule has 0 radical (unpaired) electrons. The van der Waals surface area contributed by atoms with Crippen molar-refractivity contribution >= 4 is 21.6 Å². The zero-order valence-corrected chi connectivity index (χ0v) is 12.1. The summed E-state index contributed by atoms with van der Waals surface area (Å²) in [6.07, 6.45) is 0. The summed E-state index contributed by atoms with van der Waals surface area (Å²) < 4.78 is 15.2. The zero-order chi connectivity index (χ0) is 14.2. The second kappa shape index (κ2) is 5.28. The highest BCUT2D eigenvalue weighted by molar-refractivity contribution is 7.17. The molecule has 0 aliphatic rings. The number of nitrogens with zero attached hydrogens (tertiary/aromatic N) is 2. The molecule has 0 saturated heterocycles. The number of fused-ring (bicyclic) bond motifs is 1. The summed E-state index contributed by atoms with van der Waals surface area (Å²) in [5, 5.41) is 2.37. The van der Waals surface area contributed by atoms with Gasteiger partial charge in [-0.2, -0.15) is 0 Å². The van der Waals surface area contributed by atoms with Crippen molar-refractivity contribution in [3.63, 3.8) is 0 Å². The average Bonchev–Trinajstić information content (AvgIpc) is 2.72. The molecule has 0 aliphatic carbocycles. The van der Waals surface area contributed by atoms with Crippen molar-refractivity contribution in [1.82, 2.24) is 9.13 Å². The van der Waals surface area contributed by atoms with Gasteiger partial charge in [0.1, 0.15) is 11.5 Å². The number of aromatic nitrogens is 2. The van der Waals surface area contributed by atoms with Crippen LogP contribution in [0.4, 0.5) is 4.39 Å². The van der Waals surface area contributed by atoms with Crippen LogP contribution in [-0.4, -0.2) is 15.8 Å². The van der Waals surface area contributed by atoms with Gasteiger partial charge in [-0.25, -0.2) is 9.18 Å². The fourth-order valence-corrected chi connectivity index (χ4v) is 3.22. The molecule has 19 heavy (non-hydrogen) atoms. The van der Waals surface area contributed by atoms with Crippen LogP contribution < -0.4 is 11.2 Å². The van der Waals surface area contributed by atoms with E-state index in [0.717, 1.165) is 5.56 Å². The highest BCUT2D eigenvalue weighted by Gasteiger charge is 2.16. The molecule has 0 aliphatic heterocycles. The van der Waals surface area contributed by atoms with Crippen LogP contribution in [0.3, 0.4) is 0 Å². The molecule has 6 heteroatoms. The van der Waals surface area contributed by atoms with Gasteiger partial charge in [-0.05, 0) is 23.8 Å². The molecule has 0 unspecified atom stereocenters. The first-order chi connectivity index (χ1) is 8.97. The van der Waals surface area contributed by atoms with Crippen LogP contribution in [0, 0.1) is 12.8 Å². The topological polar surface area (TPSA) is 44.0 Å². The van der Waals surface area contributed by atoms with E-state index in [-0.39, 0.29) is 18.0 Å². The van der Waals surface area contributed by atoms with E-state index in [0.29, 0.717) is 16.8 Å². The van der Waals surface area contributed by atoms with E-state index in [4.69, 9.17) is 0 Å². The Bertz CT molecular complexity index is 712. The van der Waals surface area contributed by atoms with Crippen LogP contribution in [-0.2, 0) is 13.1 Å². The van der Waals surface area contributed by atoms with E-state index in [2.05, 4.69) is 0 Å². The number of rotatable bonds is 4. The van der Waals surface area contributed by atoms with E-state index in [1.165, 1.54) is 20.5 Å². The predicted octanol–water partition coefficient (Wildman–Crippen LogP) is 2.16. The van der Waals surface area contributed by atoms with Crippen molar-refractivity contribution in [2.24, 2.45) is 5.92 Å². The molecule has 2 heterocycles. The first-order valence-corrected chi connectivity index (χ1v) is 7.12. The second-order valence-electron chi connectivity index (χ2n) is 5.03. The van der Waals surface area contributed by atoms with Gasteiger partial charge in [0.15, 0.2) is 0 Å². The Hall–Kier alpha value is -1.43. The number of aryl methyl sites for hydroxylation is 2. The molecule has 4 nitrogen and oxygen atoms in total. The fraction of sp³-hybridized carbons (Fsp3) is 0.538. The molecule has 0 aromatic carbocycles. The summed E-state index contributed by atoms with van der Waals surface area (Å²) in [7, 11) is 0. The van der Waals surface area contributed by atoms with E-state index in [1.807, 2.05) is 26.2 Å². The standard InChI is InChI=1S/C13H17FN2O2S/c1-8(2)6-16-11(17)10-9(3)7-19-12(10)15(5-4-14)13(16)18/h7-8H,4-6H2,1-3H3. The molecule has 0 spiro atoms. The second-order valence-corrected chi connectivity index (χ2v) is 5.89. The molecule has 0 N–H and O–H groups in total. The number of hydrogen-bond donors (Lipinski definition) is 0. The third-order valence-corrected chi connectivity index (χ3v) is 4.10. The molecule has 2 aromatic heterocycles. The van der Waals surface area contributed by atoms with Gasteiger partial charge < -0.3 is 0 Å². The molecule has 0 amide bonds. The summed E-state index contributed by atoms with van der Waals surface area (Å²) in [5.41, 5.74) is 0.170. The SMILES string of the molecule is Cc1csc2c1c(=O)n(CC(C)C)c(=O)n2CCF. The predicted molar refractivity (Wildman–Crippen MR) is 75.9 cm³/mol. The Morgan fingerprint density at radius 1 is 1.32 bits per heavy atom. The summed E-state index contributed by atoms with van der Waals surface area (Å²) in [5.74, 6) is 0.181. The monoisotopic (exact) mass is 284 g/mol. The lowest BCUT2D eigenvalue weighted by Crippen LogP contribution is -2.41. The minimum absolute atomic E-state index is 0.00629. The van der Waals surface area contributed by atoms with Crippen molar-refractivity contribution < 1.29 is 4.39 Å². The van der Waals surface area contributed by atoms with E-state index >= 15 is 0 Å². The van der Waals surface area contributed by atoms with Gasteiger partial charge in [-0.1, -0.05) is 13.8 Å². The van der Waals surface area contributed by atoms with Crippen LogP contribution in [0.15, 0.2) is 15.0 Å². The number of alkyl halides is 1. The maximum atomic E-state index is 12.6. The van der Waals surface area contributed by atoms with Crippen LogP contribution in [0.25, 0.3) is 10.2 Å². The molecule has 0 saturated carbocycles. The van der Waals surface area contributed by atoms with Gasteiger partial charge in [0, 0.05) is 6.54 Å². The van der Waals surface area contributed by atoms with Crippen LogP contribution in [0.1, 0.15) is 19.4 Å². The lowest BCUT2D eigenvalue weighted by Gasteiger charge is -2.12. The van der Waals surface area contributed by atoms with Gasteiger partial charge in [0.05, 0.1) is 11.9 Å². The highest BCUT2D eigenvalue weighted by atomic mass is 32.1. The smallest absolute Gasteiger partial charge is 0.282 e. The maximum absolute atomic E-state index is 12.6. The number of thiophene rings is 1. The average molecular weight is 284 g/mol. The molecular weight excluding hydrogens is 267 g/mol. The Morgan fingerprint density at radius 2 is 2.00 bits per heavy atom. The van der Waals surface area contributed by atoms with Gasteiger partial charge in [0.25, 0.3) is 5.56 Å².